The molecule has 2 N–H and O–H groups in total. The van der Waals surface area contributed by atoms with Crippen molar-refractivity contribution in [3.8, 4) is 0 Å². The average Bonchev–Trinajstić information content (AvgIpc) is 2.86. The van der Waals surface area contributed by atoms with Gasteiger partial charge in [0.15, 0.2) is 0 Å². The zero-order chi connectivity index (χ0) is 12.4. The van der Waals surface area contributed by atoms with Gasteiger partial charge in [0.05, 0.1) is 5.60 Å². The molecule has 1 aromatic rings. The molecule has 5 nitrogen and oxygen atoms in total. The number of nitrogens with zero attached hydrogens (tertiary/aromatic N) is 2. The van der Waals surface area contributed by atoms with Gasteiger partial charge in [-0.1, -0.05) is 0 Å². The second-order valence-corrected chi connectivity index (χ2v) is 5.19. The highest BCUT2D eigenvalue weighted by molar-refractivity contribution is 5.48. The highest BCUT2D eigenvalue weighted by Gasteiger charge is 2.30. The zero-order valence-corrected chi connectivity index (χ0v) is 10.5. The molecule has 2 aliphatic rings. The van der Waals surface area contributed by atoms with Crippen LogP contribution in [0.1, 0.15) is 30.5 Å². The first-order valence-corrected chi connectivity index (χ1v) is 6.64. The molecule has 0 spiro atoms. The minimum absolute atomic E-state index is 0.541. The van der Waals surface area contributed by atoms with E-state index in [-0.39, 0.29) is 0 Å². The summed E-state index contributed by atoms with van der Waals surface area (Å²) in [7, 11) is 0. The molecule has 0 radical (unpaired) electrons. The molecule has 0 saturated carbocycles. The number of aromatic nitrogens is 2. The van der Waals surface area contributed by atoms with Gasteiger partial charge in [0.25, 0.3) is 0 Å². The van der Waals surface area contributed by atoms with Crippen molar-refractivity contribution < 1.29 is 9.84 Å². The normalized spacial score (nSPS) is 21.6. The standard InChI is InChI=1S/C13H19N3O2/c17-13(4-6-18-7-5-13)8-14-12-10-2-1-3-11(10)15-9-16-12/h9,17H,1-8H2,(H,14,15,16). The summed E-state index contributed by atoms with van der Waals surface area (Å²) >= 11 is 0. The Labute approximate surface area is 107 Å². The summed E-state index contributed by atoms with van der Waals surface area (Å²) in [6, 6.07) is 0. The lowest BCUT2D eigenvalue weighted by Gasteiger charge is -2.32. The van der Waals surface area contributed by atoms with Crippen molar-refractivity contribution in [1.29, 1.82) is 0 Å². The summed E-state index contributed by atoms with van der Waals surface area (Å²) in [6.45, 7) is 1.82. The van der Waals surface area contributed by atoms with Crippen molar-refractivity contribution in [2.75, 3.05) is 25.1 Å². The molecule has 98 valence electrons. The van der Waals surface area contributed by atoms with E-state index in [1.807, 2.05) is 0 Å². The number of rotatable bonds is 3. The van der Waals surface area contributed by atoms with E-state index in [9.17, 15) is 5.11 Å². The molecule has 1 fully saturated rings. The van der Waals surface area contributed by atoms with Crippen molar-refractivity contribution in [2.45, 2.75) is 37.7 Å². The van der Waals surface area contributed by atoms with E-state index in [0.717, 1.165) is 30.8 Å². The Balaban J connectivity index is 1.68. The van der Waals surface area contributed by atoms with Crippen molar-refractivity contribution >= 4 is 5.82 Å². The first kappa shape index (κ1) is 11.9. The van der Waals surface area contributed by atoms with Gasteiger partial charge in [0.2, 0.25) is 0 Å². The van der Waals surface area contributed by atoms with Crippen LogP contribution in [0.3, 0.4) is 0 Å². The lowest BCUT2D eigenvalue weighted by molar-refractivity contribution is -0.0543. The first-order valence-electron chi connectivity index (χ1n) is 6.64. The minimum atomic E-state index is -0.658. The molecule has 0 amide bonds. The van der Waals surface area contributed by atoms with Crippen LogP contribution in [0, 0.1) is 0 Å². The maximum absolute atomic E-state index is 10.4. The van der Waals surface area contributed by atoms with E-state index in [1.54, 1.807) is 6.33 Å². The lowest BCUT2D eigenvalue weighted by atomic mass is 9.94. The summed E-state index contributed by atoms with van der Waals surface area (Å²) in [4.78, 5) is 8.60. The molecule has 1 aromatic heterocycles. The van der Waals surface area contributed by atoms with Crippen LogP contribution < -0.4 is 5.32 Å². The fourth-order valence-electron chi connectivity index (χ4n) is 2.69. The fraction of sp³-hybridized carbons (Fsp3) is 0.692. The van der Waals surface area contributed by atoms with E-state index < -0.39 is 5.60 Å². The molecule has 3 rings (SSSR count). The zero-order valence-electron chi connectivity index (χ0n) is 10.5. The third kappa shape index (κ3) is 2.33. The number of aryl methyl sites for hydroxylation is 1. The lowest BCUT2D eigenvalue weighted by Crippen LogP contribution is -2.42. The largest absolute Gasteiger partial charge is 0.388 e. The van der Waals surface area contributed by atoms with Gasteiger partial charge in [0.1, 0.15) is 12.1 Å². The highest BCUT2D eigenvalue weighted by atomic mass is 16.5. The van der Waals surface area contributed by atoms with Crippen molar-refractivity contribution in [1.82, 2.24) is 9.97 Å². The third-order valence-corrected chi connectivity index (χ3v) is 3.88. The quantitative estimate of drug-likeness (QED) is 0.833. The number of hydrogen-bond acceptors (Lipinski definition) is 5. The number of anilines is 1. The van der Waals surface area contributed by atoms with E-state index in [2.05, 4.69) is 15.3 Å². The van der Waals surface area contributed by atoms with Crippen LogP contribution in [0.4, 0.5) is 5.82 Å². The molecular weight excluding hydrogens is 230 g/mol. The van der Waals surface area contributed by atoms with Crippen molar-refractivity contribution in [2.24, 2.45) is 0 Å². The van der Waals surface area contributed by atoms with Crippen LogP contribution >= 0.6 is 0 Å². The average molecular weight is 249 g/mol. The number of hydrogen-bond donors (Lipinski definition) is 2. The topological polar surface area (TPSA) is 67.3 Å². The third-order valence-electron chi connectivity index (χ3n) is 3.88. The molecule has 5 heteroatoms. The Kier molecular flexibility index (Phi) is 3.18. The predicted octanol–water partition coefficient (Wildman–Crippen LogP) is 0.919. The SMILES string of the molecule is OC1(CNc2ncnc3c2CCC3)CCOCC1. The van der Waals surface area contributed by atoms with Gasteiger partial charge >= 0.3 is 0 Å². The van der Waals surface area contributed by atoms with Crippen LogP contribution in [0.2, 0.25) is 0 Å². The van der Waals surface area contributed by atoms with Gasteiger partial charge in [-0.2, -0.15) is 0 Å². The predicted molar refractivity (Wildman–Crippen MR) is 67.5 cm³/mol. The molecular formula is C13H19N3O2. The Morgan fingerprint density at radius 2 is 2.11 bits per heavy atom. The molecule has 1 aliphatic heterocycles. The van der Waals surface area contributed by atoms with Crippen LogP contribution in [0.5, 0.6) is 0 Å². The molecule has 1 aliphatic carbocycles. The summed E-state index contributed by atoms with van der Waals surface area (Å²) in [5.74, 6) is 0.900. The number of aliphatic hydroxyl groups is 1. The van der Waals surface area contributed by atoms with Gasteiger partial charge in [0, 0.05) is 43.9 Å². The smallest absolute Gasteiger partial charge is 0.132 e. The molecule has 0 atom stereocenters. The Morgan fingerprint density at radius 1 is 1.28 bits per heavy atom. The Morgan fingerprint density at radius 3 is 2.94 bits per heavy atom. The van der Waals surface area contributed by atoms with Crippen LogP contribution in [0.25, 0.3) is 0 Å². The van der Waals surface area contributed by atoms with E-state index in [4.69, 9.17) is 4.74 Å². The van der Waals surface area contributed by atoms with Gasteiger partial charge in [-0.25, -0.2) is 9.97 Å². The highest BCUT2D eigenvalue weighted by Crippen LogP contribution is 2.26. The molecule has 1 saturated heterocycles. The molecule has 2 heterocycles. The number of nitrogens with one attached hydrogen (secondary N) is 1. The van der Waals surface area contributed by atoms with Gasteiger partial charge in [-0.3, -0.25) is 0 Å². The van der Waals surface area contributed by atoms with Gasteiger partial charge < -0.3 is 15.2 Å². The van der Waals surface area contributed by atoms with E-state index >= 15 is 0 Å². The van der Waals surface area contributed by atoms with Gasteiger partial charge in [-0.05, 0) is 19.3 Å². The second kappa shape index (κ2) is 4.82. The monoisotopic (exact) mass is 249 g/mol. The molecule has 0 aromatic carbocycles. The second-order valence-electron chi connectivity index (χ2n) is 5.19. The van der Waals surface area contributed by atoms with E-state index in [0.29, 0.717) is 32.6 Å². The maximum Gasteiger partial charge on any atom is 0.132 e. The van der Waals surface area contributed by atoms with E-state index in [1.165, 1.54) is 5.56 Å². The summed E-state index contributed by atoms with van der Waals surface area (Å²) in [5.41, 5.74) is 1.73. The molecule has 18 heavy (non-hydrogen) atoms. The maximum atomic E-state index is 10.4. The van der Waals surface area contributed by atoms with Crippen molar-refractivity contribution in [3.63, 3.8) is 0 Å². The molecule has 0 unspecified atom stereocenters. The number of ether oxygens (including phenoxy) is 1. The summed E-state index contributed by atoms with van der Waals surface area (Å²) in [6.07, 6.45) is 6.23. The van der Waals surface area contributed by atoms with Crippen LogP contribution in [-0.2, 0) is 17.6 Å². The van der Waals surface area contributed by atoms with Crippen LogP contribution in [-0.4, -0.2) is 40.4 Å². The Hall–Kier alpha value is -1.20. The molecule has 0 bridgehead atoms. The summed E-state index contributed by atoms with van der Waals surface area (Å²) in [5, 5.41) is 13.7. The van der Waals surface area contributed by atoms with Crippen LogP contribution in [0.15, 0.2) is 6.33 Å². The first-order chi connectivity index (χ1) is 8.77. The van der Waals surface area contributed by atoms with Gasteiger partial charge in [-0.15, -0.1) is 0 Å². The Bertz CT molecular complexity index is 430. The minimum Gasteiger partial charge on any atom is -0.388 e. The fourth-order valence-corrected chi connectivity index (χ4v) is 2.69. The van der Waals surface area contributed by atoms with Crippen molar-refractivity contribution in [3.05, 3.63) is 17.6 Å². The summed E-state index contributed by atoms with van der Waals surface area (Å²) < 4.78 is 5.28. The number of fused-ring (bicyclic) bond motifs is 1.